The number of H-pyrrole nitrogens is 1. The van der Waals surface area contributed by atoms with Gasteiger partial charge in [-0.3, -0.25) is 24.2 Å². The molecule has 0 fully saturated rings. The van der Waals surface area contributed by atoms with Crippen LogP contribution in [0, 0.1) is 0 Å². The van der Waals surface area contributed by atoms with Crippen LogP contribution in [-0.4, -0.2) is 62.1 Å². The van der Waals surface area contributed by atoms with Crippen molar-refractivity contribution in [3.8, 4) is 5.88 Å². The normalized spacial score (nSPS) is 11.3. The minimum Gasteiger partial charge on any atom is -0.481 e. The lowest BCUT2D eigenvalue weighted by Crippen LogP contribution is -2.41. The lowest BCUT2D eigenvalue weighted by molar-refractivity contribution is -0.140. The molecule has 2 heterocycles. The number of carboxylic acid groups (broad SMARTS) is 2. The zero-order valence-corrected chi connectivity index (χ0v) is 17.2. The summed E-state index contributed by atoms with van der Waals surface area (Å²) in [5, 5.41) is 22.5. The number of methoxy groups -OCH3 is 1. The summed E-state index contributed by atoms with van der Waals surface area (Å²) in [6.45, 7) is 0. The van der Waals surface area contributed by atoms with E-state index in [-0.39, 0.29) is 41.0 Å². The number of carbonyl (C=O) groups is 4. The Morgan fingerprint density at radius 1 is 1.18 bits per heavy atom. The van der Waals surface area contributed by atoms with Gasteiger partial charge in [-0.15, -0.1) is 0 Å². The van der Waals surface area contributed by atoms with Crippen LogP contribution in [0.5, 0.6) is 5.88 Å². The van der Waals surface area contributed by atoms with Gasteiger partial charge in [0.05, 0.1) is 19.1 Å². The van der Waals surface area contributed by atoms with Gasteiger partial charge in [-0.05, 0) is 18.6 Å². The molecule has 2 rings (SSSR count). The van der Waals surface area contributed by atoms with Gasteiger partial charge in [-0.2, -0.15) is 4.98 Å². The predicted octanol–water partition coefficient (Wildman–Crippen LogP) is -1.43. The van der Waals surface area contributed by atoms with Gasteiger partial charge >= 0.3 is 11.9 Å². The summed E-state index contributed by atoms with van der Waals surface area (Å²) < 4.78 is 5.06. The lowest BCUT2D eigenvalue weighted by Gasteiger charge is -2.14. The number of rotatable bonds is 10. The second-order valence-corrected chi connectivity index (χ2v) is 6.59. The molecule has 0 aliphatic carbocycles. The molecule has 176 valence electrons. The quantitative estimate of drug-likeness (QED) is 0.214. The Balaban J connectivity index is 2.14. The molecule has 0 spiro atoms. The third kappa shape index (κ3) is 6.65. The topological polar surface area (TPSA) is 253 Å². The van der Waals surface area contributed by atoms with Gasteiger partial charge < -0.3 is 37.1 Å². The molecule has 0 saturated carbocycles. The Hall–Kier alpha value is -4.69. The number of hydrogen-bond acceptors (Lipinski definition) is 10. The van der Waals surface area contributed by atoms with Crippen LogP contribution in [-0.2, 0) is 20.8 Å². The summed E-state index contributed by atoms with van der Waals surface area (Å²) in [7, 11) is 1.22. The van der Waals surface area contributed by atoms with Gasteiger partial charge in [0.1, 0.15) is 23.2 Å². The average molecular weight is 463 g/mol. The molecule has 0 aliphatic heterocycles. The number of carboxylic acids is 2. The lowest BCUT2D eigenvalue weighted by atomic mass is 10.1. The third-order valence-corrected chi connectivity index (χ3v) is 4.21. The minimum absolute atomic E-state index is 0.0538. The molecule has 33 heavy (non-hydrogen) atoms. The van der Waals surface area contributed by atoms with Gasteiger partial charge in [0.25, 0.3) is 11.5 Å². The first kappa shape index (κ1) is 24.6. The average Bonchev–Trinajstić information content (AvgIpc) is 2.73. The monoisotopic (exact) mass is 463 g/mol. The maximum Gasteiger partial charge on any atom is 0.326 e. The van der Waals surface area contributed by atoms with Crippen molar-refractivity contribution in [2.24, 2.45) is 0 Å². The Labute approximate surface area is 185 Å². The molecule has 0 unspecified atom stereocenters. The SMILES string of the molecule is COc1nc(C(=O)N[C@@H](CCC(=O)O)C(=O)O)ccc1NC(=O)Cc1c(N)nc(N)[nH]c1=O. The van der Waals surface area contributed by atoms with E-state index in [9.17, 15) is 24.0 Å². The second-order valence-electron chi connectivity index (χ2n) is 6.59. The van der Waals surface area contributed by atoms with Crippen LogP contribution in [0.3, 0.4) is 0 Å². The van der Waals surface area contributed by atoms with E-state index in [1.54, 1.807) is 0 Å². The number of nitrogens with two attached hydrogens (primary N) is 2. The fourth-order valence-corrected chi connectivity index (χ4v) is 2.63. The van der Waals surface area contributed by atoms with Crippen molar-refractivity contribution in [2.75, 3.05) is 23.9 Å². The third-order valence-electron chi connectivity index (χ3n) is 4.21. The van der Waals surface area contributed by atoms with Crippen LogP contribution >= 0.6 is 0 Å². The molecule has 15 heteroatoms. The van der Waals surface area contributed by atoms with Crippen molar-refractivity contribution >= 4 is 41.2 Å². The van der Waals surface area contributed by atoms with Crippen LogP contribution in [0.4, 0.5) is 17.5 Å². The maximum absolute atomic E-state index is 12.4. The smallest absolute Gasteiger partial charge is 0.326 e. The van der Waals surface area contributed by atoms with Gasteiger partial charge in [-0.25, -0.2) is 9.78 Å². The maximum atomic E-state index is 12.4. The number of hydrogen-bond donors (Lipinski definition) is 7. The van der Waals surface area contributed by atoms with Crippen LogP contribution in [0.25, 0.3) is 0 Å². The van der Waals surface area contributed by atoms with Gasteiger partial charge in [0.15, 0.2) is 0 Å². The molecule has 2 amide bonds. The number of pyridine rings is 1. The fourth-order valence-electron chi connectivity index (χ4n) is 2.63. The van der Waals surface area contributed by atoms with Crippen molar-refractivity contribution in [2.45, 2.75) is 25.3 Å². The van der Waals surface area contributed by atoms with E-state index in [0.717, 1.165) is 0 Å². The molecular formula is C18H21N7O8. The number of aromatic nitrogens is 3. The largest absolute Gasteiger partial charge is 0.481 e. The number of nitrogen functional groups attached to an aromatic ring is 2. The van der Waals surface area contributed by atoms with Gasteiger partial charge in [0, 0.05) is 6.42 Å². The molecule has 0 saturated heterocycles. The molecular weight excluding hydrogens is 442 g/mol. The van der Waals surface area contributed by atoms with Crippen molar-refractivity contribution in [3.05, 3.63) is 33.7 Å². The first-order valence-electron chi connectivity index (χ1n) is 9.26. The number of ether oxygens (including phenoxy) is 1. The van der Waals surface area contributed by atoms with E-state index in [1.165, 1.54) is 19.2 Å². The first-order chi connectivity index (χ1) is 15.5. The molecule has 15 nitrogen and oxygen atoms in total. The summed E-state index contributed by atoms with van der Waals surface area (Å²) in [5.74, 6) is -4.77. The molecule has 0 aromatic carbocycles. The van der Waals surface area contributed by atoms with Crippen molar-refractivity contribution < 1.29 is 34.1 Å². The molecule has 0 aliphatic rings. The van der Waals surface area contributed by atoms with Crippen LogP contribution in [0.1, 0.15) is 28.9 Å². The minimum atomic E-state index is -1.45. The highest BCUT2D eigenvalue weighted by Gasteiger charge is 2.23. The number of nitrogens with one attached hydrogen (secondary N) is 3. The van der Waals surface area contributed by atoms with E-state index in [1.807, 2.05) is 0 Å². The van der Waals surface area contributed by atoms with Crippen molar-refractivity contribution in [1.82, 2.24) is 20.3 Å². The fraction of sp³-hybridized carbons (Fsp3) is 0.278. The molecule has 9 N–H and O–H groups in total. The summed E-state index contributed by atoms with van der Waals surface area (Å²) in [4.78, 5) is 68.4. The summed E-state index contributed by atoms with van der Waals surface area (Å²) in [6, 6.07) is 1.02. The van der Waals surface area contributed by atoms with Crippen LogP contribution in [0.15, 0.2) is 16.9 Å². The molecule has 2 aromatic heterocycles. The van der Waals surface area contributed by atoms with E-state index in [0.29, 0.717) is 0 Å². The number of aromatic amines is 1. The van der Waals surface area contributed by atoms with Crippen LogP contribution in [0.2, 0.25) is 0 Å². The number of carbonyl (C=O) groups excluding carboxylic acids is 2. The standard InChI is InChI=1S/C18H21N7O8/c1-33-16-9(21-11(26)6-7-13(19)24-18(20)25-14(7)29)3-2-8(23-16)15(30)22-10(17(31)32)4-5-12(27)28/h2-3,10H,4-6H2,1H3,(H,21,26)(H,22,30)(H,27,28)(H,31,32)(H5,19,20,24,25,29)/t10-/m0/s1. The zero-order chi connectivity index (χ0) is 24.7. The Morgan fingerprint density at radius 3 is 2.45 bits per heavy atom. The number of anilines is 3. The number of amides is 2. The Kier molecular flexibility index (Phi) is 7.87. The van der Waals surface area contributed by atoms with Crippen molar-refractivity contribution in [1.29, 1.82) is 0 Å². The molecule has 1 atom stereocenters. The zero-order valence-electron chi connectivity index (χ0n) is 17.2. The molecule has 0 radical (unpaired) electrons. The molecule has 2 aromatic rings. The first-order valence-corrected chi connectivity index (χ1v) is 9.26. The summed E-state index contributed by atoms with van der Waals surface area (Å²) in [5.41, 5.74) is 10.0. The van der Waals surface area contributed by atoms with E-state index in [2.05, 4.69) is 25.6 Å². The summed E-state index contributed by atoms with van der Waals surface area (Å²) >= 11 is 0. The van der Waals surface area contributed by atoms with E-state index < -0.39 is 48.2 Å². The van der Waals surface area contributed by atoms with Crippen LogP contribution < -0.4 is 32.4 Å². The van der Waals surface area contributed by atoms with Gasteiger partial charge in [0.2, 0.25) is 17.7 Å². The van der Waals surface area contributed by atoms with Gasteiger partial charge in [-0.1, -0.05) is 0 Å². The number of nitrogens with zero attached hydrogens (tertiary/aromatic N) is 2. The summed E-state index contributed by atoms with van der Waals surface area (Å²) in [6.07, 6.45) is -1.23. The highest BCUT2D eigenvalue weighted by atomic mass is 16.5. The number of aliphatic carboxylic acids is 2. The van der Waals surface area contributed by atoms with E-state index >= 15 is 0 Å². The molecule has 0 bridgehead atoms. The van der Waals surface area contributed by atoms with Crippen molar-refractivity contribution in [3.63, 3.8) is 0 Å². The van der Waals surface area contributed by atoms with E-state index in [4.69, 9.17) is 26.4 Å². The highest BCUT2D eigenvalue weighted by Crippen LogP contribution is 2.22. The predicted molar refractivity (Wildman–Crippen MR) is 113 cm³/mol. The highest BCUT2D eigenvalue weighted by molar-refractivity contribution is 5.97. The Morgan fingerprint density at radius 2 is 1.88 bits per heavy atom. The Bertz CT molecular complexity index is 1150. The second kappa shape index (κ2) is 10.6.